The highest BCUT2D eigenvalue weighted by Crippen LogP contribution is 2.27. The van der Waals surface area contributed by atoms with Crippen LogP contribution in [0.15, 0.2) is 53.4 Å². The molecule has 1 fully saturated rings. The van der Waals surface area contributed by atoms with Gasteiger partial charge in [-0.1, -0.05) is 24.3 Å². The van der Waals surface area contributed by atoms with E-state index in [0.29, 0.717) is 18.6 Å². The molecule has 0 unspecified atom stereocenters. The van der Waals surface area contributed by atoms with Gasteiger partial charge in [-0.3, -0.25) is 4.79 Å². The molecule has 0 bridgehead atoms. The molecule has 0 atom stereocenters. The van der Waals surface area contributed by atoms with Gasteiger partial charge in [-0.05, 0) is 49.6 Å². The molecule has 0 spiro atoms. The molecule has 1 aliphatic rings. The number of nitriles is 1. The van der Waals surface area contributed by atoms with Gasteiger partial charge in [0.1, 0.15) is 11.8 Å². The maximum Gasteiger partial charge on any atom is 0.314 e. The van der Waals surface area contributed by atoms with Gasteiger partial charge in [-0.15, -0.1) is 0 Å². The lowest BCUT2D eigenvalue weighted by Gasteiger charge is -2.30. The third kappa shape index (κ3) is 4.18. The molecule has 6 nitrogen and oxygen atoms in total. The Morgan fingerprint density at radius 1 is 1.15 bits per heavy atom. The first-order chi connectivity index (χ1) is 12.9. The van der Waals surface area contributed by atoms with Crippen molar-refractivity contribution in [1.29, 1.82) is 5.26 Å². The van der Waals surface area contributed by atoms with E-state index in [-0.39, 0.29) is 35.4 Å². The molecule has 0 aliphatic carbocycles. The fourth-order valence-corrected chi connectivity index (χ4v) is 4.75. The number of esters is 1. The SMILES string of the molecule is Cc1cccc(OC(=O)C2CCN(S(=O)(=O)c3ccccc3C#N)CC2)c1. The van der Waals surface area contributed by atoms with Gasteiger partial charge in [0.2, 0.25) is 10.0 Å². The summed E-state index contributed by atoms with van der Waals surface area (Å²) in [6.07, 6.45) is 0.775. The lowest BCUT2D eigenvalue weighted by atomic mass is 9.98. The average Bonchev–Trinajstić information content (AvgIpc) is 2.68. The fourth-order valence-electron chi connectivity index (χ4n) is 3.13. The van der Waals surface area contributed by atoms with Crippen LogP contribution in [-0.4, -0.2) is 31.8 Å². The lowest BCUT2D eigenvalue weighted by molar-refractivity contribution is -0.140. The smallest absolute Gasteiger partial charge is 0.314 e. The lowest BCUT2D eigenvalue weighted by Crippen LogP contribution is -2.41. The van der Waals surface area contributed by atoms with Gasteiger partial charge >= 0.3 is 5.97 Å². The number of hydrogen-bond acceptors (Lipinski definition) is 5. The van der Waals surface area contributed by atoms with Gasteiger partial charge in [0.05, 0.1) is 16.4 Å². The van der Waals surface area contributed by atoms with Gasteiger partial charge < -0.3 is 4.74 Å². The van der Waals surface area contributed by atoms with Crippen molar-refractivity contribution in [3.8, 4) is 11.8 Å². The van der Waals surface area contributed by atoms with E-state index in [0.717, 1.165) is 5.56 Å². The third-order valence-corrected chi connectivity index (χ3v) is 6.58. The van der Waals surface area contributed by atoms with Crippen molar-refractivity contribution in [2.45, 2.75) is 24.7 Å². The molecule has 0 amide bonds. The Kier molecular flexibility index (Phi) is 5.59. The first-order valence-electron chi connectivity index (χ1n) is 8.69. The van der Waals surface area contributed by atoms with E-state index in [2.05, 4.69) is 0 Å². The monoisotopic (exact) mass is 384 g/mol. The van der Waals surface area contributed by atoms with E-state index in [9.17, 15) is 13.2 Å². The Labute approximate surface area is 159 Å². The number of carbonyl (C=O) groups excluding carboxylic acids is 1. The maximum atomic E-state index is 12.8. The summed E-state index contributed by atoms with van der Waals surface area (Å²) in [4.78, 5) is 12.4. The van der Waals surface area contributed by atoms with E-state index in [1.54, 1.807) is 24.3 Å². The first-order valence-corrected chi connectivity index (χ1v) is 10.1. The largest absolute Gasteiger partial charge is 0.426 e. The van der Waals surface area contributed by atoms with Gasteiger partial charge in [0, 0.05) is 13.1 Å². The van der Waals surface area contributed by atoms with Gasteiger partial charge in [-0.25, -0.2) is 8.42 Å². The summed E-state index contributed by atoms with van der Waals surface area (Å²) >= 11 is 0. The second kappa shape index (κ2) is 7.91. The van der Waals surface area contributed by atoms with Gasteiger partial charge in [-0.2, -0.15) is 9.57 Å². The van der Waals surface area contributed by atoms with Crippen molar-refractivity contribution >= 4 is 16.0 Å². The van der Waals surface area contributed by atoms with Crippen LogP contribution >= 0.6 is 0 Å². The number of hydrogen-bond donors (Lipinski definition) is 0. The zero-order valence-electron chi connectivity index (χ0n) is 15.0. The minimum atomic E-state index is -3.76. The van der Waals surface area contributed by atoms with Crippen LogP contribution in [0.2, 0.25) is 0 Å². The molecule has 27 heavy (non-hydrogen) atoms. The Hall–Kier alpha value is -2.69. The quantitative estimate of drug-likeness (QED) is 0.597. The van der Waals surface area contributed by atoms with E-state index in [1.807, 2.05) is 25.1 Å². The molecule has 0 N–H and O–H groups in total. The molecule has 1 aliphatic heterocycles. The molecular formula is C20H20N2O4S. The maximum absolute atomic E-state index is 12.8. The van der Waals surface area contributed by atoms with Crippen molar-refractivity contribution in [3.63, 3.8) is 0 Å². The van der Waals surface area contributed by atoms with Crippen molar-refractivity contribution < 1.29 is 17.9 Å². The Bertz CT molecular complexity index is 987. The van der Waals surface area contributed by atoms with Crippen LogP contribution in [0.3, 0.4) is 0 Å². The van der Waals surface area contributed by atoms with Crippen LogP contribution in [0.1, 0.15) is 24.0 Å². The van der Waals surface area contributed by atoms with E-state index < -0.39 is 10.0 Å². The summed E-state index contributed by atoms with van der Waals surface area (Å²) in [5, 5.41) is 9.16. The standard InChI is InChI=1S/C20H20N2O4S/c1-15-5-4-7-18(13-15)26-20(23)16-9-11-22(12-10-16)27(24,25)19-8-3-2-6-17(19)14-21/h2-8,13,16H,9-12H2,1H3. The first kappa shape index (κ1) is 19.1. The normalized spacial score (nSPS) is 15.9. The van der Waals surface area contributed by atoms with Crippen molar-refractivity contribution in [2.24, 2.45) is 5.92 Å². The van der Waals surface area contributed by atoms with Crippen molar-refractivity contribution in [3.05, 3.63) is 59.7 Å². The predicted molar refractivity (Wildman–Crippen MR) is 99.5 cm³/mol. The summed E-state index contributed by atoms with van der Waals surface area (Å²) in [5.41, 5.74) is 1.12. The highest BCUT2D eigenvalue weighted by atomic mass is 32.2. The van der Waals surface area contributed by atoms with Crippen LogP contribution in [0.5, 0.6) is 5.75 Å². The highest BCUT2D eigenvalue weighted by Gasteiger charge is 2.34. The summed E-state index contributed by atoms with van der Waals surface area (Å²) in [6, 6.07) is 15.3. The summed E-state index contributed by atoms with van der Waals surface area (Å²) < 4.78 is 32.4. The van der Waals surface area contributed by atoms with E-state index in [4.69, 9.17) is 10.00 Å². The molecule has 1 saturated heterocycles. The minimum Gasteiger partial charge on any atom is -0.426 e. The van der Waals surface area contributed by atoms with Crippen molar-refractivity contribution in [2.75, 3.05) is 13.1 Å². The van der Waals surface area contributed by atoms with Crippen LogP contribution < -0.4 is 4.74 Å². The van der Waals surface area contributed by atoms with Crippen LogP contribution in [0.25, 0.3) is 0 Å². The molecule has 2 aromatic rings. The molecule has 0 saturated carbocycles. The molecule has 0 radical (unpaired) electrons. The number of benzene rings is 2. The van der Waals surface area contributed by atoms with Crippen LogP contribution in [0.4, 0.5) is 0 Å². The zero-order valence-corrected chi connectivity index (χ0v) is 15.8. The number of nitrogens with zero attached hydrogens (tertiary/aromatic N) is 2. The second-order valence-electron chi connectivity index (χ2n) is 6.52. The number of aryl methyl sites for hydroxylation is 1. The number of carbonyl (C=O) groups is 1. The van der Waals surface area contributed by atoms with Crippen molar-refractivity contribution in [1.82, 2.24) is 4.31 Å². The van der Waals surface area contributed by atoms with E-state index in [1.165, 1.54) is 16.4 Å². The van der Waals surface area contributed by atoms with Crippen LogP contribution in [-0.2, 0) is 14.8 Å². The number of piperidine rings is 1. The topological polar surface area (TPSA) is 87.5 Å². The second-order valence-corrected chi connectivity index (χ2v) is 8.43. The molecule has 7 heteroatoms. The predicted octanol–water partition coefficient (Wildman–Crippen LogP) is 2.87. The molecule has 3 rings (SSSR count). The number of rotatable bonds is 4. The number of sulfonamides is 1. The summed E-state index contributed by atoms with van der Waals surface area (Å²) in [5.74, 6) is -0.184. The van der Waals surface area contributed by atoms with E-state index >= 15 is 0 Å². The summed E-state index contributed by atoms with van der Waals surface area (Å²) in [7, 11) is -3.76. The Morgan fingerprint density at radius 3 is 2.52 bits per heavy atom. The third-order valence-electron chi connectivity index (χ3n) is 4.62. The molecular weight excluding hydrogens is 364 g/mol. The molecule has 1 heterocycles. The van der Waals surface area contributed by atoms with Gasteiger partial charge in [0.15, 0.2) is 0 Å². The fraction of sp³-hybridized carbons (Fsp3) is 0.300. The molecule has 2 aromatic carbocycles. The highest BCUT2D eigenvalue weighted by molar-refractivity contribution is 7.89. The Morgan fingerprint density at radius 2 is 1.85 bits per heavy atom. The van der Waals surface area contributed by atoms with Crippen LogP contribution in [0, 0.1) is 24.2 Å². The summed E-state index contributed by atoms with van der Waals surface area (Å²) in [6.45, 7) is 2.35. The molecule has 140 valence electrons. The van der Waals surface area contributed by atoms with Gasteiger partial charge in [0.25, 0.3) is 0 Å². The Balaban J connectivity index is 1.66. The molecule has 0 aromatic heterocycles. The average molecular weight is 384 g/mol. The number of ether oxygens (including phenoxy) is 1. The zero-order chi connectivity index (χ0) is 19.4. The minimum absolute atomic E-state index is 0.00767.